The van der Waals surface area contributed by atoms with Crippen molar-refractivity contribution < 1.29 is 9.69 Å². The van der Waals surface area contributed by atoms with Crippen molar-refractivity contribution in [2.24, 2.45) is 11.8 Å². The predicted molar refractivity (Wildman–Crippen MR) is 82.9 cm³/mol. The second-order valence-corrected chi connectivity index (χ2v) is 6.36. The number of hydrogen-bond donors (Lipinski definition) is 2. The fourth-order valence-corrected chi connectivity index (χ4v) is 3.30. The fraction of sp³-hybridized carbons (Fsp3) is 0.529. The zero-order valence-electron chi connectivity index (χ0n) is 12.9. The summed E-state index contributed by atoms with van der Waals surface area (Å²) >= 11 is 0. The predicted octanol–water partition coefficient (Wildman–Crippen LogP) is 1.25. The largest absolute Gasteiger partial charge is 0.327 e. The molecule has 1 aliphatic heterocycles. The molecule has 0 spiro atoms. The Morgan fingerprint density at radius 1 is 1.29 bits per heavy atom. The van der Waals surface area contributed by atoms with E-state index in [9.17, 15) is 4.79 Å². The summed E-state index contributed by atoms with van der Waals surface area (Å²) in [5.74, 6) is 1.46. The van der Waals surface area contributed by atoms with Crippen LogP contribution in [-0.2, 0) is 11.2 Å². The lowest BCUT2D eigenvalue weighted by atomic mass is 9.92. The normalized spacial score (nSPS) is 25.1. The highest BCUT2D eigenvalue weighted by molar-refractivity contribution is 5.91. The van der Waals surface area contributed by atoms with Gasteiger partial charge in [0, 0.05) is 17.5 Å². The van der Waals surface area contributed by atoms with E-state index in [1.54, 1.807) is 0 Å². The SMILES string of the molecule is C[C@@H]1C[C@@H](C)C[NH+](CC(=O)Nc2ccc(CC#N)cc2)C1. The summed E-state index contributed by atoms with van der Waals surface area (Å²) < 4.78 is 0. The van der Waals surface area contributed by atoms with Gasteiger partial charge in [0.25, 0.3) is 5.91 Å². The molecule has 0 aromatic heterocycles. The zero-order chi connectivity index (χ0) is 15.2. The standard InChI is InChI=1S/C17H23N3O/c1-13-9-14(2)11-20(10-13)12-17(21)19-16-5-3-15(4-6-16)7-8-18/h3-6,13-14H,7,9-12H2,1-2H3,(H,19,21)/p+1/t13-,14-/m1/s1. The molecule has 1 amide bonds. The number of nitriles is 1. The number of carbonyl (C=O) groups excluding carboxylic acids is 1. The van der Waals surface area contributed by atoms with Gasteiger partial charge in [-0.25, -0.2) is 0 Å². The molecule has 1 aliphatic rings. The first-order valence-electron chi connectivity index (χ1n) is 7.66. The molecule has 1 aromatic rings. The Morgan fingerprint density at radius 3 is 2.48 bits per heavy atom. The summed E-state index contributed by atoms with van der Waals surface area (Å²) in [6.07, 6.45) is 1.67. The Bertz CT molecular complexity index is 508. The van der Waals surface area contributed by atoms with Gasteiger partial charge in [-0.3, -0.25) is 4.79 Å². The van der Waals surface area contributed by atoms with Gasteiger partial charge >= 0.3 is 0 Å². The van der Waals surface area contributed by atoms with Gasteiger partial charge in [-0.2, -0.15) is 5.26 Å². The first kappa shape index (κ1) is 15.5. The van der Waals surface area contributed by atoms with Crippen LogP contribution < -0.4 is 10.2 Å². The summed E-state index contributed by atoms with van der Waals surface area (Å²) in [5.41, 5.74) is 1.78. The van der Waals surface area contributed by atoms with Crippen LogP contribution >= 0.6 is 0 Å². The molecule has 1 aromatic carbocycles. The van der Waals surface area contributed by atoms with E-state index in [0.29, 0.717) is 24.8 Å². The number of carbonyl (C=O) groups is 1. The number of rotatable bonds is 4. The van der Waals surface area contributed by atoms with Crippen LogP contribution in [-0.4, -0.2) is 25.5 Å². The van der Waals surface area contributed by atoms with Gasteiger partial charge in [-0.1, -0.05) is 26.0 Å². The number of nitrogens with zero attached hydrogens (tertiary/aromatic N) is 1. The lowest BCUT2D eigenvalue weighted by Gasteiger charge is -2.31. The molecule has 1 saturated heterocycles. The Hall–Kier alpha value is -1.86. The molecule has 112 valence electrons. The maximum atomic E-state index is 12.1. The summed E-state index contributed by atoms with van der Waals surface area (Å²) in [6.45, 7) is 7.23. The van der Waals surface area contributed by atoms with E-state index >= 15 is 0 Å². The van der Waals surface area contributed by atoms with Crippen molar-refractivity contribution in [1.29, 1.82) is 5.26 Å². The summed E-state index contributed by atoms with van der Waals surface area (Å²) in [6, 6.07) is 9.61. The van der Waals surface area contributed by atoms with Crippen molar-refractivity contribution in [1.82, 2.24) is 0 Å². The minimum atomic E-state index is 0.0688. The third-order valence-corrected chi connectivity index (χ3v) is 4.01. The van der Waals surface area contributed by atoms with Crippen molar-refractivity contribution in [3.63, 3.8) is 0 Å². The van der Waals surface area contributed by atoms with Gasteiger partial charge in [0.05, 0.1) is 25.6 Å². The number of benzene rings is 1. The molecule has 1 heterocycles. The van der Waals surface area contributed by atoms with Crippen LogP contribution in [0.3, 0.4) is 0 Å². The molecule has 2 N–H and O–H groups in total. The van der Waals surface area contributed by atoms with Gasteiger partial charge in [-0.15, -0.1) is 0 Å². The molecular weight excluding hydrogens is 262 g/mol. The van der Waals surface area contributed by atoms with Crippen LogP contribution in [0, 0.1) is 23.2 Å². The molecule has 0 aliphatic carbocycles. The third-order valence-electron chi connectivity index (χ3n) is 4.01. The van der Waals surface area contributed by atoms with Gasteiger partial charge in [-0.05, 0) is 24.1 Å². The van der Waals surface area contributed by atoms with Crippen LogP contribution in [0.25, 0.3) is 0 Å². The van der Waals surface area contributed by atoms with Crippen LogP contribution in [0.4, 0.5) is 5.69 Å². The molecule has 2 rings (SSSR count). The molecule has 2 atom stereocenters. The molecule has 4 heteroatoms. The Kier molecular flexibility index (Phi) is 5.35. The van der Waals surface area contributed by atoms with Crippen molar-refractivity contribution in [3.8, 4) is 6.07 Å². The minimum absolute atomic E-state index is 0.0688. The number of anilines is 1. The number of hydrogen-bond acceptors (Lipinski definition) is 2. The summed E-state index contributed by atoms with van der Waals surface area (Å²) in [7, 11) is 0. The first-order valence-corrected chi connectivity index (χ1v) is 7.66. The van der Waals surface area contributed by atoms with Gasteiger partial charge in [0.1, 0.15) is 0 Å². The fourth-order valence-electron chi connectivity index (χ4n) is 3.30. The van der Waals surface area contributed by atoms with Crippen molar-refractivity contribution in [2.75, 3.05) is 25.0 Å². The van der Waals surface area contributed by atoms with E-state index in [0.717, 1.165) is 24.3 Å². The highest BCUT2D eigenvalue weighted by atomic mass is 16.2. The van der Waals surface area contributed by atoms with E-state index in [4.69, 9.17) is 5.26 Å². The van der Waals surface area contributed by atoms with Crippen molar-refractivity contribution in [3.05, 3.63) is 29.8 Å². The smallest absolute Gasteiger partial charge is 0.279 e. The molecule has 0 unspecified atom stereocenters. The monoisotopic (exact) mass is 286 g/mol. The molecule has 0 radical (unpaired) electrons. The first-order chi connectivity index (χ1) is 10.1. The second kappa shape index (κ2) is 7.24. The van der Waals surface area contributed by atoms with E-state index in [2.05, 4.69) is 25.2 Å². The molecule has 0 saturated carbocycles. The van der Waals surface area contributed by atoms with Gasteiger partial charge < -0.3 is 10.2 Å². The minimum Gasteiger partial charge on any atom is -0.327 e. The molecule has 21 heavy (non-hydrogen) atoms. The Balaban J connectivity index is 1.85. The lowest BCUT2D eigenvalue weighted by molar-refractivity contribution is -0.904. The average Bonchev–Trinajstić information content (AvgIpc) is 2.40. The van der Waals surface area contributed by atoms with Crippen LogP contribution in [0.1, 0.15) is 25.8 Å². The molecule has 0 bridgehead atoms. The third kappa shape index (κ3) is 4.87. The highest BCUT2D eigenvalue weighted by Crippen LogP contribution is 2.12. The number of piperidine rings is 1. The maximum absolute atomic E-state index is 12.1. The van der Waals surface area contributed by atoms with Crippen LogP contribution in [0.2, 0.25) is 0 Å². The van der Waals surface area contributed by atoms with E-state index in [1.165, 1.54) is 11.3 Å². The Labute approximate surface area is 126 Å². The van der Waals surface area contributed by atoms with Gasteiger partial charge in [0.15, 0.2) is 6.54 Å². The van der Waals surface area contributed by atoms with Gasteiger partial charge in [0.2, 0.25) is 0 Å². The highest BCUT2D eigenvalue weighted by Gasteiger charge is 2.26. The summed E-state index contributed by atoms with van der Waals surface area (Å²) in [4.78, 5) is 13.5. The molecule has 4 nitrogen and oxygen atoms in total. The van der Waals surface area contributed by atoms with E-state index in [-0.39, 0.29) is 5.91 Å². The van der Waals surface area contributed by atoms with Crippen LogP contribution in [0.5, 0.6) is 0 Å². The lowest BCUT2D eigenvalue weighted by Crippen LogP contribution is -3.15. The topological polar surface area (TPSA) is 57.3 Å². The average molecular weight is 286 g/mol. The number of quaternary nitrogens is 1. The summed E-state index contributed by atoms with van der Waals surface area (Å²) in [5, 5.41) is 11.6. The second-order valence-electron chi connectivity index (χ2n) is 6.36. The van der Waals surface area contributed by atoms with Crippen LogP contribution in [0.15, 0.2) is 24.3 Å². The van der Waals surface area contributed by atoms with E-state index < -0.39 is 0 Å². The molecule has 1 fully saturated rings. The van der Waals surface area contributed by atoms with Crippen molar-refractivity contribution >= 4 is 11.6 Å². The Morgan fingerprint density at radius 2 is 1.90 bits per heavy atom. The zero-order valence-corrected chi connectivity index (χ0v) is 12.9. The number of nitrogens with one attached hydrogen (secondary N) is 2. The van der Waals surface area contributed by atoms with Crippen molar-refractivity contribution in [2.45, 2.75) is 26.7 Å². The number of amides is 1. The molecular formula is C17H24N3O+. The quantitative estimate of drug-likeness (QED) is 0.875. The maximum Gasteiger partial charge on any atom is 0.279 e. The van der Waals surface area contributed by atoms with E-state index in [1.807, 2.05) is 24.3 Å². The number of likely N-dealkylation sites (tertiary alicyclic amines) is 1.